The Labute approximate surface area is 211 Å². The summed E-state index contributed by atoms with van der Waals surface area (Å²) in [6.45, 7) is 3.60. The number of thiazole rings is 1. The topological polar surface area (TPSA) is 109 Å². The monoisotopic (exact) mass is 510 g/mol. The number of esters is 1. The highest BCUT2D eigenvalue weighted by Crippen LogP contribution is 2.37. The number of hydrogen-bond acceptors (Lipinski definition) is 9. The molecule has 2 aromatic carbocycles. The minimum Gasteiger partial charge on any atom is -0.504 e. The van der Waals surface area contributed by atoms with Gasteiger partial charge in [-0.2, -0.15) is 0 Å². The molecule has 0 spiro atoms. The van der Waals surface area contributed by atoms with E-state index in [4.69, 9.17) is 18.9 Å². The molecule has 2 heterocycles. The molecule has 1 N–H and O–H groups in total. The van der Waals surface area contributed by atoms with Crippen LogP contribution in [0.3, 0.4) is 0 Å². The highest BCUT2D eigenvalue weighted by Gasteiger charge is 2.35. The second-order valence-corrected chi connectivity index (χ2v) is 8.85. The van der Waals surface area contributed by atoms with E-state index < -0.39 is 12.0 Å². The van der Waals surface area contributed by atoms with E-state index >= 15 is 0 Å². The van der Waals surface area contributed by atoms with Gasteiger partial charge in [0.15, 0.2) is 16.3 Å². The van der Waals surface area contributed by atoms with E-state index in [2.05, 4.69) is 4.99 Å². The number of ether oxygens (including phenoxy) is 4. The fourth-order valence-corrected chi connectivity index (χ4v) is 5.13. The van der Waals surface area contributed by atoms with Crippen LogP contribution in [-0.4, -0.2) is 43.6 Å². The lowest BCUT2D eigenvalue weighted by Gasteiger charge is -2.26. The van der Waals surface area contributed by atoms with Gasteiger partial charge in [0.05, 0.1) is 43.7 Å². The number of methoxy groups -OCH3 is 3. The third kappa shape index (κ3) is 4.47. The number of aromatic hydroxyl groups is 1. The summed E-state index contributed by atoms with van der Waals surface area (Å²) >= 11 is 1.18. The molecule has 36 heavy (non-hydrogen) atoms. The number of aromatic nitrogens is 1. The molecule has 1 aliphatic heterocycles. The summed E-state index contributed by atoms with van der Waals surface area (Å²) < 4.78 is 23.3. The number of fused-ring (bicyclic) bond motifs is 1. The molecule has 1 aliphatic rings. The number of hydrogen-bond donors (Lipinski definition) is 1. The van der Waals surface area contributed by atoms with E-state index in [9.17, 15) is 14.7 Å². The maximum Gasteiger partial charge on any atom is 0.338 e. The summed E-state index contributed by atoms with van der Waals surface area (Å²) in [6.07, 6.45) is 1.66. The van der Waals surface area contributed by atoms with Crippen LogP contribution in [-0.2, 0) is 9.53 Å². The van der Waals surface area contributed by atoms with Crippen LogP contribution in [0.4, 0.5) is 0 Å². The molecular formula is C26H26N2O7S. The number of nitrogens with zero attached hydrogens (tertiary/aromatic N) is 2. The zero-order valence-electron chi connectivity index (χ0n) is 20.5. The van der Waals surface area contributed by atoms with Gasteiger partial charge in [0.2, 0.25) is 0 Å². The van der Waals surface area contributed by atoms with Crippen molar-refractivity contribution in [1.29, 1.82) is 0 Å². The Morgan fingerprint density at radius 2 is 1.83 bits per heavy atom. The number of phenols is 1. The standard InChI is InChI=1S/C26H26N2O7S/c1-6-35-25(31)22-14(2)27-26-28(23(22)17-13-16(32-3)8-10-19(17)33-4)24(30)21(36-26)12-15-7-9-20(34-5)18(29)11-15/h7-13,23,29H,6H2,1-5H3/b21-12-/t23-/m1/s1. The molecule has 0 bridgehead atoms. The molecule has 0 fully saturated rings. The zero-order chi connectivity index (χ0) is 26.0. The molecule has 0 amide bonds. The van der Waals surface area contributed by atoms with Crippen molar-refractivity contribution in [3.8, 4) is 23.0 Å². The molecule has 9 nitrogen and oxygen atoms in total. The third-order valence-electron chi connectivity index (χ3n) is 5.75. The molecule has 10 heteroatoms. The van der Waals surface area contributed by atoms with Gasteiger partial charge in [-0.15, -0.1) is 0 Å². The molecule has 3 aromatic rings. The van der Waals surface area contributed by atoms with Gasteiger partial charge >= 0.3 is 5.97 Å². The third-order valence-corrected chi connectivity index (χ3v) is 6.73. The lowest BCUT2D eigenvalue weighted by atomic mass is 9.94. The average Bonchev–Trinajstić information content (AvgIpc) is 3.17. The zero-order valence-corrected chi connectivity index (χ0v) is 21.3. The van der Waals surface area contributed by atoms with E-state index in [-0.39, 0.29) is 23.5 Å². The molecule has 1 atom stereocenters. The van der Waals surface area contributed by atoms with E-state index in [1.54, 1.807) is 50.3 Å². The fourth-order valence-electron chi connectivity index (χ4n) is 4.09. The van der Waals surface area contributed by atoms with Crippen molar-refractivity contribution in [2.24, 2.45) is 4.99 Å². The van der Waals surface area contributed by atoms with Gasteiger partial charge in [-0.25, -0.2) is 9.79 Å². The van der Waals surface area contributed by atoms with Crippen LogP contribution in [0, 0.1) is 0 Å². The molecule has 0 radical (unpaired) electrons. The number of phenolic OH excluding ortho intramolecular Hbond substituents is 1. The number of rotatable bonds is 7. The van der Waals surface area contributed by atoms with Crippen molar-refractivity contribution in [3.63, 3.8) is 0 Å². The Hall–Kier alpha value is -4.05. The van der Waals surface area contributed by atoms with Crippen molar-refractivity contribution >= 4 is 23.4 Å². The first-order valence-electron chi connectivity index (χ1n) is 11.1. The second kappa shape index (κ2) is 10.3. The first kappa shape index (κ1) is 25.1. The van der Waals surface area contributed by atoms with Crippen molar-refractivity contribution in [1.82, 2.24) is 4.57 Å². The van der Waals surface area contributed by atoms with Crippen LogP contribution < -0.4 is 29.1 Å². The van der Waals surface area contributed by atoms with Gasteiger partial charge in [-0.1, -0.05) is 17.4 Å². The summed E-state index contributed by atoms with van der Waals surface area (Å²) in [7, 11) is 4.52. The molecule has 188 valence electrons. The summed E-state index contributed by atoms with van der Waals surface area (Å²) in [4.78, 5) is 31.8. The molecule has 4 rings (SSSR count). The van der Waals surface area contributed by atoms with Crippen LogP contribution >= 0.6 is 11.3 Å². The maximum absolute atomic E-state index is 13.7. The van der Waals surface area contributed by atoms with Crippen molar-refractivity contribution in [2.75, 3.05) is 27.9 Å². The lowest BCUT2D eigenvalue weighted by Crippen LogP contribution is -2.40. The number of carbonyl (C=O) groups excluding carboxylic acids is 1. The van der Waals surface area contributed by atoms with Gasteiger partial charge in [-0.3, -0.25) is 9.36 Å². The molecule has 0 aliphatic carbocycles. The van der Waals surface area contributed by atoms with Gasteiger partial charge < -0.3 is 24.1 Å². The van der Waals surface area contributed by atoms with Crippen molar-refractivity contribution < 1.29 is 28.8 Å². The Bertz CT molecular complexity index is 1530. The van der Waals surface area contributed by atoms with Crippen molar-refractivity contribution in [2.45, 2.75) is 19.9 Å². The highest BCUT2D eigenvalue weighted by atomic mass is 32.1. The Balaban J connectivity index is 1.99. The predicted octanol–water partition coefficient (Wildman–Crippen LogP) is 2.53. The Kier molecular flexibility index (Phi) is 7.16. The van der Waals surface area contributed by atoms with E-state index in [0.717, 1.165) is 0 Å². The quantitative estimate of drug-likeness (QED) is 0.487. The summed E-state index contributed by atoms with van der Waals surface area (Å²) in [6, 6.07) is 9.21. The molecule has 1 aromatic heterocycles. The van der Waals surface area contributed by atoms with Crippen LogP contribution in [0.25, 0.3) is 6.08 Å². The van der Waals surface area contributed by atoms with Crippen molar-refractivity contribution in [3.05, 3.63) is 78.5 Å². The van der Waals surface area contributed by atoms with E-state index in [1.165, 1.54) is 43.3 Å². The van der Waals surface area contributed by atoms with Gasteiger partial charge in [0.25, 0.3) is 5.56 Å². The summed E-state index contributed by atoms with van der Waals surface area (Å²) in [5.41, 5.74) is 1.50. The van der Waals surface area contributed by atoms with Crippen LogP contribution in [0.5, 0.6) is 23.0 Å². The van der Waals surface area contributed by atoms with Gasteiger partial charge in [0, 0.05) is 5.56 Å². The minimum atomic E-state index is -0.850. The smallest absolute Gasteiger partial charge is 0.338 e. The SMILES string of the molecule is CCOC(=O)C1=C(C)N=c2s/c(=C\c3ccc(OC)c(O)c3)c(=O)n2[C@@H]1c1cc(OC)ccc1OC. The molecule has 0 unspecified atom stereocenters. The van der Waals surface area contributed by atoms with Gasteiger partial charge in [0.1, 0.15) is 17.5 Å². The largest absolute Gasteiger partial charge is 0.504 e. The predicted molar refractivity (Wildman–Crippen MR) is 135 cm³/mol. The number of allylic oxidation sites excluding steroid dienone is 1. The first-order chi connectivity index (χ1) is 17.3. The maximum atomic E-state index is 13.7. The number of benzene rings is 2. The molecule has 0 saturated heterocycles. The van der Waals surface area contributed by atoms with Gasteiger partial charge in [-0.05, 0) is 55.8 Å². The normalized spacial score (nSPS) is 15.2. The minimum absolute atomic E-state index is 0.0431. The van der Waals surface area contributed by atoms with Crippen LogP contribution in [0.15, 0.2) is 57.5 Å². The lowest BCUT2D eigenvalue weighted by molar-refractivity contribution is -0.139. The highest BCUT2D eigenvalue weighted by molar-refractivity contribution is 7.07. The van der Waals surface area contributed by atoms with Crippen LogP contribution in [0.1, 0.15) is 31.0 Å². The van der Waals surface area contributed by atoms with Crippen LogP contribution in [0.2, 0.25) is 0 Å². The van der Waals surface area contributed by atoms with E-state index in [0.29, 0.717) is 43.4 Å². The number of carbonyl (C=O) groups is 1. The summed E-state index contributed by atoms with van der Waals surface area (Å²) in [5.74, 6) is 0.737. The second-order valence-electron chi connectivity index (χ2n) is 7.84. The van der Waals surface area contributed by atoms with E-state index in [1.807, 2.05) is 0 Å². The first-order valence-corrected chi connectivity index (χ1v) is 11.9. The molecule has 0 saturated carbocycles. The Morgan fingerprint density at radius 3 is 2.47 bits per heavy atom. The Morgan fingerprint density at radius 1 is 1.11 bits per heavy atom. The fraction of sp³-hybridized carbons (Fsp3) is 0.269. The molecular weight excluding hydrogens is 484 g/mol. The summed E-state index contributed by atoms with van der Waals surface area (Å²) in [5, 5.41) is 10.2. The average molecular weight is 511 g/mol.